The highest BCUT2D eigenvalue weighted by Crippen LogP contribution is 2.25. The van der Waals surface area contributed by atoms with Gasteiger partial charge >= 0.3 is 0 Å². The van der Waals surface area contributed by atoms with E-state index in [1.54, 1.807) is 6.92 Å². The van der Waals surface area contributed by atoms with Gasteiger partial charge in [-0.2, -0.15) is 0 Å². The third-order valence-electron chi connectivity index (χ3n) is 4.79. The number of rotatable bonds is 6. The Morgan fingerprint density at radius 2 is 1.52 bits per heavy atom. The number of carbonyl (C=O) groups is 1. The molecule has 4 nitrogen and oxygen atoms in total. The standard InChI is InChI=1S/C23H26N2O2/c1-2-9-22(26)25-16-14-24(15-17-25)18-19-27-23(20-10-5-3-6-11-20)21-12-7-4-8-13-21/h3-8,10-13,23H,14-19H2,1H3. The van der Waals surface area contributed by atoms with Crippen molar-refractivity contribution in [2.75, 3.05) is 39.3 Å². The summed E-state index contributed by atoms with van der Waals surface area (Å²) in [5.41, 5.74) is 2.33. The van der Waals surface area contributed by atoms with E-state index in [1.807, 2.05) is 41.3 Å². The quantitative estimate of drug-likeness (QED) is 0.741. The Balaban J connectivity index is 1.53. The average Bonchev–Trinajstić information content (AvgIpc) is 2.73. The Labute approximate surface area is 161 Å². The molecule has 0 bridgehead atoms. The van der Waals surface area contributed by atoms with Crippen LogP contribution in [-0.4, -0.2) is 55.0 Å². The second-order valence-corrected chi connectivity index (χ2v) is 6.58. The van der Waals surface area contributed by atoms with Gasteiger partial charge in [0.15, 0.2) is 0 Å². The van der Waals surface area contributed by atoms with Gasteiger partial charge in [0.2, 0.25) is 0 Å². The van der Waals surface area contributed by atoms with Crippen molar-refractivity contribution in [1.29, 1.82) is 0 Å². The van der Waals surface area contributed by atoms with Gasteiger partial charge in [0.25, 0.3) is 5.91 Å². The molecule has 3 rings (SSSR count). The molecule has 2 aromatic rings. The second kappa shape index (κ2) is 9.91. The second-order valence-electron chi connectivity index (χ2n) is 6.58. The van der Waals surface area contributed by atoms with Crippen LogP contribution in [0.15, 0.2) is 60.7 Å². The Morgan fingerprint density at radius 1 is 0.963 bits per heavy atom. The lowest BCUT2D eigenvalue weighted by Gasteiger charge is -2.34. The third-order valence-corrected chi connectivity index (χ3v) is 4.79. The van der Waals surface area contributed by atoms with Crippen molar-refractivity contribution in [3.63, 3.8) is 0 Å². The molecule has 0 atom stereocenters. The Bertz CT molecular complexity index is 733. The third kappa shape index (κ3) is 5.43. The molecular weight excluding hydrogens is 336 g/mol. The van der Waals surface area contributed by atoms with Gasteiger partial charge < -0.3 is 9.64 Å². The summed E-state index contributed by atoms with van der Waals surface area (Å²) < 4.78 is 6.29. The molecule has 1 amide bonds. The van der Waals surface area contributed by atoms with Crippen molar-refractivity contribution in [3.8, 4) is 11.8 Å². The number of nitrogens with zero attached hydrogens (tertiary/aromatic N) is 2. The first kappa shape index (κ1) is 19.2. The monoisotopic (exact) mass is 362 g/mol. The molecule has 1 fully saturated rings. The zero-order chi connectivity index (χ0) is 18.9. The molecule has 0 unspecified atom stereocenters. The smallest absolute Gasteiger partial charge is 0.298 e. The number of carbonyl (C=O) groups excluding carboxylic acids is 1. The molecule has 0 radical (unpaired) electrons. The van der Waals surface area contributed by atoms with Crippen molar-refractivity contribution in [3.05, 3.63) is 71.8 Å². The summed E-state index contributed by atoms with van der Waals surface area (Å²) in [5.74, 6) is 5.23. The first-order valence-corrected chi connectivity index (χ1v) is 9.43. The van der Waals surface area contributed by atoms with Crippen molar-refractivity contribution in [2.45, 2.75) is 13.0 Å². The van der Waals surface area contributed by atoms with E-state index in [9.17, 15) is 4.79 Å². The van der Waals surface area contributed by atoms with Gasteiger partial charge in [-0.05, 0) is 24.0 Å². The van der Waals surface area contributed by atoms with Crippen LogP contribution in [0.1, 0.15) is 24.2 Å². The minimum Gasteiger partial charge on any atom is -0.367 e. The number of benzene rings is 2. The topological polar surface area (TPSA) is 32.8 Å². The van der Waals surface area contributed by atoms with E-state index in [-0.39, 0.29) is 12.0 Å². The summed E-state index contributed by atoms with van der Waals surface area (Å²) >= 11 is 0. The minimum atomic E-state index is -0.0679. The van der Waals surface area contributed by atoms with E-state index in [0.717, 1.165) is 43.9 Å². The Kier molecular flexibility index (Phi) is 7.04. The highest BCUT2D eigenvalue weighted by Gasteiger charge is 2.20. The summed E-state index contributed by atoms with van der Waals surface area (Å²) in [5, 5.41) is 0. The van der Waals surface area contributed by atoms with Crippen LogP contribution >= 0.6 is 0 Å². The molecule has 1 aliphatic rings. The predicted molar refractivity (Wildman–Crippen MR) is 107 cm³/mol. The highest BCUT2D eigenvalue weighted by molar-refractivity contribution is 5.93. The molecule has 1 heterocycles. The molecule has 0 aromatic heterocycles. The molecule has 2 aromatic carbocycles. The number of piperazine rings is 1. The maximum absolute atomic E-state index is 11.8. The van der Waals surface area contributed by atoms with Gasteiger partial charge in [0.1, 0.15) is 6.10 Å². The number of hydrogen-bond donors (Lipinski definition) is 0. The summed E-state index contributed by atoms with van der Waals surface area (Å²) in [4.78, 5) is 16.0. The zero-order valence-electron chi connectivity index (χ0n) is 15.8. The molecule has 0 spiro atoms. The van der Waals surface area contributed by atoms with Crippen LogP contribution in [0.2, 0.25) is 0 Å². The van der Waals surface area contributed by atoms with Gasteiger partial charge in [-0.1, -0.05) is 66.6 Å². The average molecular weight is 362 g/mol. The fourth-order valence-corrected chi connectivity index (χ4v) is 3.30. The molecule has 140 valence electrons. The number of hydrogen-bond acceptors (Lipinski definition) is 3. The van der Waals surface area contributed by atoms with Gasteiger partial charge in [0, 0.05) is 32.7 Å². The van der Waals surface area contributed by atoms with Crippen LogP contribution < -0.4 is 0 Å². The normalized spacial score (nSPS) is 14.7. The fraction of sp³-hybridized carbons (Fsp3) is 0.348. The molecular formula is C23H26N2O2. The van der Waals surface area contributed by atoms with E-state index < -0.39 is 0 Å². The lowest BCUT2D eigenvalue weighted by molar-refractivity contribution is -0.126. The van der Waals surface area contributed by atoms with Crippen LogP contribution in [0.3, 0.4) is 0 Å². The fourth-order valence-electron chi connectivity index (χ4n) is 3.30. The van der Waals surface area contributed by atoms with Crippen LogP contribution in [0.4, 0.5) is 0 Å². The van der Waals surface area contributed by atoms with Crippen LogP contribution in [-0.2, 0) is 9.53 Å². The number of ether oxygens (including phenoxy) is 1. The summed E-state index contributed by atoms with van der Waals surface area (Å²) in [7, 11) is 0. The van der Waals surface area contributed by atoms with Crippen molar-refractivity contribution >= 4 is 5.91 Å². The van der Waals surface area contributed by atoms with Gasteiger partial charge in [-0.25, -0.2) is 0 Å². The molecule has 4 heteroatoms. The molecule has 0 aliphatic carbocycles. The summed E-state index contributed by atoms with van der Waals surface area (Å²) in [6.45, 7) is 6.39. The van der Waals surface area contributed by atoms with Crippen molar-refractivity contribution < 1.29 is 9.53 Å². The van der Waals surface area contributed by atoms with E-state index in [4.69, 9.17) is 4.74 Å². The molecule has 0 saturated carbocycles. The van der Waals surface area contributed by atoms with Gasteiger partial charge in [-0.15, -0.1) is 0 Å². The van der Waals surface area contributed by atoms with Crippen molar-refractivity contribution in [1.82, 2.24) is 9.80 Å². The maximum atomic E-state index is 11.8. The first-order chi connectivity index (χ1) is 13.3. The van der Waals surface area contributed by atoms with E-state index in [2.05, 4.69) is 41.0 Å². The van der Waals surface area contributed by atoms with Crippen LogP contribution in [0.5, 0.6) is 0 Å². The van der Waals surface area contributed by atoms with Gasteiger partial charge in [-0.3, -0.25) is 9.69 Å². The summed E-state index contributed by atoms with van der Waals surface area (Å²) in [6.07, 6.45) is -0.0601. The van der Waals surface area contributed by atoms with E-state index in [1.165, 1.54) is 0 Å². The first-order valence-electron chi connectivity index (χ1n) is 9.43. The molecule has 1 saturated heterocycles. The SMILES string of the molecule is CC#CC(=O)N1CCN(CCOC(c2ccccc2)c2ccccc2)CC1. The van der Waals surface area contributed by atoms with Gasteiger partial charge in [0.05, 0.1) is 6.61 Å². The van der Waals surface area contributed by atoms with Crippen LogP contribution in [0.25, 0.3) is 0 Å². The highest BCUT2D eigenvalue weighted by atomic mass is 16.5. The minimum absolute atomic E-state index is 0.0601. The van der Waals surface area contributed by atoms with E-state index >= 15 is 0 Å². The summed E-state index contributed by atoms with van der Waals surface area (Å²) in [6, 6.07) is 20.7. The zero-order valence-corrected chi connectivity index (χ0v) is 15.8. The number of amides is 1. The molecule has 1 aliphatic heterocycles. The van der Waals surface area contributed by atoms with Crippen molar-refractivity contribution in [2.24, 2.45) is 0 Å². The molecule has 0 N–H and O–H groups in total. The van der Waals surface area contributed by atoms with Crippen LogP contribution in [0, 0.1) is 11.8 Å². The van der Waals surface area contributed by atoms with E-state index in [0.29, 0.717) is 6.61 Å². The lowest BCUT2D eigenvalue weighted by atomic mass is 10.0. The Morgan fingerprint density at radius 3 is 2.04 bits per heavy atom. The molecule has 27 heavy (non-hydrogen) atoms. The Hall–Kier alpha value is -2.61. The lowest BCUT2D eigenvalue weighted by Crippen LogP contribution is -2.49. The maximum Gasteiger partial charge on any atom is 0.298 e. The largest absolute Gasteiger partial charge is 0.367 e. The predicted octanol–water partition coefficient (Wildman–Crippen LogP) is 2.96.